The Kier molecular flexibility index (Phi) is 3.09. The fraction of sp³-hybridized carbons (Fsp3) is 0.167. The van der Waals surface area contributed by atoms with Gasteiger partial charge in [-0.25, -0.2) is 9.97 Å². The third kappa shape index (κ3) is 2.13. The van der Waals surface area contributed by atoms with Crippen molar-refractivity contribution >= 4 is 0 Å². The lowest BCUT2D eigenvalue weighted by atomic mass is 10.1. The molecule has 2 rings (SSSR count). The second-order valence-electron chi connectivity index (χ2n) is 3.30. The van der Waals surface area contributed by atoms with Crippen LogP contribution in [0.3, 0.4) is 0 Å². The van der Waals surface area contributed by atoms with Crippen LogP contribution < -0.4 is 9.47 Å². The highest BCUT2D eigenvalue weighted by Gasteiger charge is 2.13. The van der Waals surface area contributed by atoms with E-state index in [1.54, 1.807) is 25.3 Å². The number of aromatic nitrogens is 2. The lowest BCUT2D eigenvalue weighted by Crippen LogP contribution is -1.94. The molecule has 0 saturated heterocycles. The van der Waals surface area contributed by atoms with E-state index in [0.717, 1.165) is 0 Å². The summed E-state index contributed by atoms with van der Waals surface area (Å²) in [5.74, 6) is 1.09. The SMILES string of the molecule is COc1ccc(O)c(-c2nccnc2OC)c1. The third-order valence-corrected chi connectivity index (χ3v) is 2.32. The van der Waals surface area contributed by atoms with Crippen LogP contribution in [-0.2, 0) is 0 Å². The van der Waals surface area contributed by atoms with Gasteiger partial charge in [-0.1, -0.05) is 0 Å². The van der Waals surface area contributed by atoms with Gasteiger partial charge in [0.05, 0.1) is 19.8 Å². The van der Waals surface area contributed by atoms with Crippen LogP contribution in [0.25, 0.3) is 11.3 Å². The number of rotatable bonds is 3. The normalized spacial score (nSPS) is 10.0. The number of phenols is 1. The molecular weight excluding hydrogens is 220 g/mol. The van der Waals surface area contributed by atoms with Crippen molar-refractivity contribution in [2.75, 3.05) is 14.2 Å². The molecule has 0 amide bonds. The molecule has 0 aliphatic rings. The van der Waals surface area contributed by atoms with E-state index in [1.807, 2.05) is 0 Å². The molecule has 0 spiro atoms. The lowest BCUT2D eigenvalue weighted by Gasteiger charge is -2.09. The highest BCUT2D eigenvalue weighted by molar-refractivity contribution is 5.71. The zero-order valence-electron chi connectivity index (χ0n) is 9.54. The first kappa shape index (κ1) is 11.2. The molecular formula is C12H12N2O3. The summed E-state index contributed by atoms with van der Waals surface area (Å²) in [4.78, 5) is 8.19. The van der Waals surface area contributed by atoms with Crippen molar-refractivity contribution in [2.24, 2.45) is 0 Å². The summed E-state index contributed by atoms with van der Waals surface area (Å²) in [6.45, 7) is 0. The summed E-state index contributed by atoms with van der Waals surface area (Å²) in [6.07, 6.45) is 3.07. The number of nitrogens with zero attached hydrogens (tertiary/aromatic N) is 2. The van der Waals surface area contributed by atoms with Gasteiger partial charge in [0.1, 0.15) is 17.2 Å². The molecule has 0 aliphatic carbocycles. The number of ether oxygens (including phenoxy) is 2. The van der Waals surface area contributed by atoms with Crippen LogP contribution in [-0.4, -0.2) is 29.3 Å². The molecule has 0 bridgehead atoms. The summed E-state index contributed by atoms with van der Waals surface area (Å²) in [5, 5.41) is 9.82. The summed E-state index contributed by atoms with van der Waals surface area (Å²) in [6, 6.07) is 4.89. The number of benzene rings is 1. The van der Waals surface area contributed by atoms with E-state index >= 15 is 0 Å². The fourth-order valence-corrected chi connectivity index (χ4v) is 1.49. The van der Waals surface area contributed by atoms with E-state index in [9.17, 15) is 5.11 Å². The Bertz CT molecular complexity index is 529. The third-order valence-electron chi connectivity index (χ3n) is 2.32. The van der Waals surface area contributed by atoms with Crippen LogP contribution in [0.5, 0.6) is 17.4 Å². The van der Waals surface area contributed by atoms with E-state index in [2.05, 4.69) is 9.97 Å². The van der Waals surface area contributed by atoms with Crippen LogP contribution >= 0.6 is 0 Å². The van der Waals surface area contributed by atoms with Crippen molar-refractivity contribution in [3.8, 4) is 28.6 Å². The van der Waals surface area contributed by atoms with Gasteiger partial charge < -0.3 is 14.6 Å². The summed E-state index contributed by atoms with van der Waals surface area (Å²) < 4.78 is 10.2. The maximum atomic E-state index is 9.82. The average molecular weight is 232 g/mol. The monoisotopic (exact) mass is 232 g/mol. The van der Waals surface area contributed by atoms with Gasteiger partial charge in [0.25, 0.3) is 0 Å². The minimum Gasteiger partial charge on any atom is -0.507 e. The van der Waals surface area contributed by atoms with Gasteiger partial charge in [-0.3, -0.25) is 0 Å². The molecule has 1 N–H and O–H groups in total. The van der Waals surface area contributed by atoms with Crippen molar-refractivity contribution in [1.29, 1.82) is 0 Å². The van der Waals surface area contributed by atoms with Crippen LogP contribution in [0.2, 0.25) is 0 Å². The van der Waals surface area contributed by atoms with E-state index in [4.69, 9.17) is 9.47 Å². The van der Waals surface area contributed by atoms with Crippen LogP contribution in [0.4, 0.5) is 0 Å². The molecule has 2 aromatic rings. The Morgan fingerprint density at radius 3 is 2.53 bits per heavy atom. The molecule has 0 atom stereocenters. The Hall–Kier alpha value is -2.30. The smallest absolute Gasteiger partial charge is 0.240 e. The van der Waals surface area contributed by atoms with Gasteiger partial charge in [0, 0.05) is 12.4 Å². The number of aromatic hydroxyl groups is 1. The Morgan fingerprint density at radius 2 is 1.82 bits per heavy atom. The minimum atomic E-state index is 0.101. The highest BCUT2D eigenvalue weighted by atomic mass is 16.5. The van der Waals surface area contributed by atoms with Crippen molar-refractivity contribution < 1.29 is 14.6 Å². The molecule has 0 fully saturated rings. The minimum absolute atomic E-state index is 0.101. The second-order valence-corrected chi connectivity index (χ2v) is 3.30. The first-order chi connectivity index (χ1) is 8.26. The number of hydrogen-bond donors (Lipinski definition) is 1. The first-order valence-electron chi connectivity index (χ1n) is 4.98. The predicted octanol–water partition coefficient (Wildman–Crippen LogP) is 1.87. The van der Waals surface area contributed by atoms with Crippen molar-refractivity contribution in [2.45, 2.75) is 0 Å². The molecule has 1 aromatic carbocycles. The number of phenolic OH excluding ortho intramolecular Hbond substituents is 1. The summed E-state index contributed by atoms with van der Waals surface area (Å²) in [5.41, 5.74) is 1.00. The van der Waals surface area contributed by atoms with Gasteiger partial charge in [-0.2, -0.15) is 0 Å². The van der Waals surface area contributed by atoms with Crippen molar-refractivity contribution in [3.63, 3.8) is 0 Å². The summed E-state index contributed by atoms with van der Waals surface area (Å²) >= 11 is 0. The molecule has 1 heterocycles. The molecule has 17 heavy (non-hydrogen) atoms. The largest absolute Gasteiger partial charge is 0.507 e. The first-order valence-corrected chi connectivity index (χ1v) is 4.98. The van der Waals surface area contributed by atoms with Crippen LogP contribution in [0.15, 0.2) is 30.6 Å². The average Bonchev–Trinajstić information content (AvgIpc) is 2.39. The molecule has 1 aromatic heterocycles. The summed E-state index contributed by atoms with van der Waals surface area (Å²) in [7, 11) is 3.06. The van der Waals surface area contributed by atoms with Gasteiger partial charge >= 0.3 is 0 Å². The fourth-order valence-electron chi connectivity index (χ4n) is 1.49. The Morgan fingerprint density at radius 1 is 1.06 bits per heavy atom. The van der Waals surface area contributed by atoms with Gasteiger partial charge in [-0.05, 0) is 18.2 Å². The van der Waals surface area contributed by atoms with E-state index in [1.165, 1.54) is 19.5 Å². The van der Waals surface area contributed by atoms with E-state index < -0.39 is 0 Å². The second kappa shape index (κ2) is 4.69. The Labute approximate surface area is 98.7 Å². The maximum absolute atomic E-state index is 9.82. The predicted molar refractivity (Wildman–Crippen MR) is 62.2 cm³/mol. The standard InChI is InChI=1S/C12H12N2O3/c1-16-8-3-4-10(15)9(7-8)11-12(17-2)14-6-5-13-11/h3-7,15H,1-2H3. The van der Waals surface area contributed by atoms with E-state index in [-0.39, 0.29) is 5.75 Å². The molecule has 5 nitrogen and oxygen atoms in total. The van der Waals surface area contributed by atoms with Crippen LogP contribution in [0.1, 0.15) is 0 Å². The molecule has 0 aliphatic heterocycles. The van der Waals surface area contributed by atoms with E-state index in [0.29, 0.717) is 22.9 Å². The molecule has 0 radical (unpaired) electrons. The van der Waals surface area contributed by atoms with Gasteiger partial charge in [-0.15, -0.1) is 0 Å². The topological polar surface area (TPSA) is 64.5 Å². The highest BCUT2D eigenvalue weighted by Crippen LogP contribution is 2.35. The Balaban J connectivity index is 2.59. The zero-order valence-corrected chi connectivity index (χ0v) is 9.54. The van der Waals surface area contributed by atoms with Gasteiger partial charge in [0.2, 0.25) is 5.88 Å². The quantitative estimate of drug-likeness (QED) is 0.875. The zero-order chi connectivity index (χ0) is 12.3. The number of methoxy groups -OCH3 is 2. The number of hydrogen-bond acceptors (Lipinski definition) is 5. The molecule has 0 saturated carbocycles. The molecule has 0 unspecified atom stereocenters. The van der Waals surface area contributed by atoms with Gasteiger partial charge in [0.15, 0.2) is 0 Å². The maximum Gasteiger partial charge on any atom is 0.240 e. The van der Waals surface area contributed by atoms with Crippen molar-refractivity contribution in [3.05, 3.63) is 30.6 Å². The van der Waals surface area contributed by atoms with Crippen LogP contribution in [0, 0.1) is 0 Å². The van der Waals surface area contributed by atoms with Crippen molar-refractivity contribution in [1.82, 2.24) is 9.97 Å². The lowest BCUT2D eigenvalue weighted by molar-refractivity contribution is 0.396. The molecule has 88 valence electrons. The molecule has 5 heteroatoms.